The quantitative estimate of drug-likeness (QED) is 0.393. The van der Waals surface area contributed by atoms with Crippen LogP contribution >= 0.6 is 0 Å². The minimum atomic E-state index is -4.94. The number of aromatic nitrogens is 3. The average molecular weight is 616 g/mol. The number of methoxy groups -OCH3 is 1. The maximum absolute atomic E-state index is 15.9. The lowest BCUT2D eigenvalue weighted by Gasteiger charge is -2.44. The highest BCUT2D eigenvalue weighted by Crippen LogP contribution is 2.37. The number of hydrogen-bond acceptors (Lipinski definition) is 8. The van der Waals surface area contributed by atoms with E-state index >= 15 is 4.39 Å². The molecule has 1 aromatic carbocycles. The number of carbonyl (C=O) groups excluding carboxylic acids is 1. The molecule has 1 fully saturated rings. The predicted octanol–water partition coefficient (Wildman–Crippen LogP) is 4.41. The van der Waals surface area contributed by atoms with Crippen LogP contribution in [0.2, 0.25) is 0 Å². The van der Waals surface area contributed by atoms with Crippen LogP contribution in [0.5, 0.6) is 5.88 Å². The summed E-state index contributed by atoms with van der Waals surface area (Å²) in [5.41, 5.74) is -1.66. The van der Waals surface area contributed by atoms with Crippen molar-refractivity contribution >= 4 is 28.7 Å². The van der Waals surface area contributed by atoms with Gasteiger partial charge in [-0.05, 0) is 45.0 Å². The molecular weight excluding hydrogens is 582 g/mol. The zero-order valence-corrected chi connectivity index (χ0v) is 24.7. The molecule has 0 radical (unpaired) electrons. The van der Waals surface area contributed by atoms with Gasteiger partial charge >= 0.3 is 6.18 Å². The van der Waals surface area contributed by atoms with Gasteiger partial charge in [0.1, 0.15) is 18.0 Å². The number of carbonyl (C=O) groups is 1. The lowest BCUT2D eigenvalue weighted by Crippen LogP contribution is -2.55. The van der Waals surface area contributed by atoms with Crippen LogP contribution in [0.25, 0.3) is 5.57 Å². The van der Waals surface area contributed by atoms with Crippen molar-refractivity contribution in [3.8, 4) is 5.88 Å². The summed E-state index contributed by atoms with van der Waals surface area (Å²) in [6, 6.07) is 5.04. The number of amides is 1. The molecule has 0 bridgehead atoms. The number of nitrogens with one attached hydrogen (secondary N) is 2. The number of benzene rings is 1. The van der Waals surface area contributed by atoms with E-state index in [0.717, 1.165) is 6.20 Å². The monoisotopic (exact) mass is 615 g/mol. The fourth-order valence-corrected chi connectivity index (χ4v) is 5.59. The van der Waals surface area contributed by atoms with E-state index in [1.165, 1.54) is 25.6 Å². The van der Waals surface area contributed by atoms with E-state index in [9.17, 15) is 22.8 Å². The zero-order valence-electron chi connectivity index (χ0n) is 24.7. The third-order valence-corrected chi connectivity index (χ3v) is 8.22. The maximum Gasteiger partial charge on any atom is 0.417 e. The van der Waals surface area contributed by atoms with Crippen LogP contribution in [0.1, 0.15) is 41.8 Å². The number of likely N-dealkylation sites (N-methyl/N-ethyl adjacent to an activating group) is 1. The van der Waals surface area contributed by atoms with E-state index in [0.29, 0.717) is 61.6 Å². The Morgan fingerprint density at radius 2 is 1.82 bits per heavy atom. The SMILES string of the molecule is COc1cc(N2CC=C(c3cc(NC(=O)c4c[nH]c(=O)cc4C(F)(F)F)c(N4CC(C)N(C)C(C)C4)cc3F)CC2)ncn1. The smallest absolute Gasteiger partial charge is 0.417 e. The topological polar surface area (TPSA) is 107 Å². The largest absolute Gasteiger partial charge is 0.481 e. The van der Waals surface area contributed by atoms with E-state index in [1.807, 2.05) is 36.8 Å². The molecule has 2 aromatic heterocycles. The summed E-state index contributed by atoms with van der Waals surface area (Å²) < 4.78 is 62.3. The van der Waals surface area contributed by atoms with Gasteiger partial charge in [-0.1, -0.05) is 6.08 Å². The average Bonchev–Trinajstić information content (AvgIpc) is 3.00. The summed E-state index contributed by atoms with van der Waals surface area (Å²) in [6.07, 6.45) is -0.507. The number of rotatable bonds is 6. The molecule has 10 nitrogen and oxygen atoms in total. The number of nitrogens with zero attached hydrogens (tertiary/aromatic N) is 5. The number of alkyl halides is 3. The summed E-state index contributed by atoms with van der Waals surface area (Å²) in [5.74, 6) is -0.532. The van der Waals surface area contributed by atoms with Crippen LogP contribution in [-0.2, 0) is 6.18 Å². The third-order valence-electron chi connectivity index (χ3n) is 8.22. The maximum atomic E-state index is 15.9. The molecule has 44 heavy (non-hydrogen) atoms. The summed E-state index contributed by atoms with van der Waals surface area (Å²) in [5, 5.41) is 2.60. The van der Waals surface area contributed by atoms with Crippen LogP contribution in [0.15, 0.2) is 47.7 Å². The van der Waals surface area contributed by atoms with Crippen LogP contribution in [-0.4, -0.2) is 78.2 Å². The second-order valence-electron chi connectivity index (χ2n) is 11.0. The van der Waals surface area contributed by atoms with Crippen molar-refractivity contribution < 1.29 is 27.1 Å². The highest BCUT2D eigenvalue weighted by molar-refractivity contribution is 6.07. The number of aromatic amines is 1. The zero-order chi connectivity index (χ0) is 31.8. The molecule has 0 spiro atoms. The fourth-order valence-electron chi connectivity index (χ4n) is 5.59. The molecule has 4 heterocycles. The van der Waals surface area contributed by atoms with E-state index in [-0.39, 0.29) is 23.3 Å². The van der Waals surface area contributed by atoms with Crippen LogP contribution in [0.4, 0.5) is 34.8 Å². The molecule has 2 N–H and O–H groups in total. The molecular formula is C30H33F4N7O3. The Morgan fingerprint density at radius 3 is 2.45 bits per heavy atom. The van der Waals surface area contributed by atoms with Gasteiger partial charge in [0.25, 0.3) is 5.91 Å². The highest BCUT2D eigenvalue weighted by atomic mass is 19.4. The second kappa shape index (κ2) is 12.3. The number of H-pyrrole nitrogens is 1. The first-order valence-electron chi connectivity index (χ1n) is 14.1. The van der Waals surface area contributed by atoms with Gasteiger partial charge in [0.05, 0.1) is 29.6 Å². The Balaban J connectivity index is 1.52. The van der Waals surface area contributed by atoms with Gasteiger partial charge < -0.3 is 24.8 Å². The summed E-state index contributed by atoms with van der Waals surface area (Å²) in [7, 11) is 3.50. The van der Waals surface area contributed by atoms with Crippen molar-refractivity contribution in [2.75, 3.05) is 55.5 Å². The number of hydrogen-bond donors (Lipinski definition) is 2. The number of piperazine rings is 1. The van der Waals surface area contributed by atoms with E-state index in [1.54, 1.807) is 6.07 Å². The second-order valence-corrected chi connectivity index (χ2v) is 11.0. The molecule has 2 unspecified atom stereocenters. The standard InChI is InChI=1S/C30H33F4N7O3/c1-17-14-41(15-18(2)39(17)3)25-11-23(31)20(19-5-7-40(8-6-19)26-12-28(44-4)37-16-36-26)9-24(25)38-29(43)21-13-35-27(42)10-22(21)30(32,33)34/h5,9-13,16-18H,6-8,14-15H2,1-4H3,(H,35,42)(H,38,43). The third kappa shape index (κ3) is 6.39. The van der Waals surface area contributed by atoms with Gasteiger partial charge in [0, 0.05) is 62.2 Å². The molecule has 0 aliphatic carbocycles. The molecule has 1 amide bonds. The highest BCUT2D eigenvalue weighted by Gasteiger charge is 2.36. The number of ether oxygens (including phenoxy) is 1. The first kappa shape index (κ1) is 31.0. The molecule has 2 atom stereocenters. The van der Waals surface area contributed by atoms with Gasteiger partial charge in [-0.25, -0.2) is 14.4 Å². The van der Waals surface area contributed by atoms with Gasteiger partial charge in [-0.3, -0.25) is 14.5 Å². The van der Waals surface area contributed by atoms with Crippen molar-refractivity contribution in [3.63, 3.8) is 0 Å². The van der Waals surface area contributed by atoms with Crippen molar-refractivity contribution in [2.45, 2.75) is 38.5 Å². The minimum Gasteiger partial charge on any atom is -0.481 e. The first-order chi connectivity index (χ1) is 20.8. The van der Waals surface area contributed by atoms with Gasteiger partial charge in [0.15, 0.2) is 0 Å². The molecule has 14 heteroatoms. The van der Waals surface area contributed by atoms with Crippen LogP contribution in [0, 0.1) is 5.82 Å². The molecule has 234 valence electrons. The van der Waals surface area contributed by atoms with E-state index in [4.69, 9.17) is 4.74 Å². The van der Waals surface area contributed by atoms with Gasteiger partial charge in [-0.2, -0.15) is 13.2 Å². The van der Waals surface area contributed by atoms with Crippen molar-refractivity contribution in [1.29, 1.82) is 0 Å². The van der Waals surface area contributed by atoms with E-state index < -0.39 is 34.6 Å². The Labute approximate surface area is 251 Å². The minimum absolute atomic E-state index is 0.0912. The molecule has 2 aliphatic heterocycles. The van der Waals surface area contributed by atoms with E-state index in [2.05, 4.69) is 25.2 Å². The molecule has 3 aromatic rings. The molecule has 5 rings (SSSR count). The Bertz CT molecular complexity index is 1630. The Hall–Kier alpha value is -4.46. The fraction of sp³-hybridized carbons (Fsp3) is 0.400. The normalized spacial score (nSPS) is 19.5. The lowest BCUT2D eigenvalue weighted by atomic mass is 9.96. The van der Waals surface area contributed by atoms with Crippen molar-refractivity contribution in [3.05, 3.63) is 75.7 Å². The van der Waals surface area contributed by atoms with Crippen molar-refractivity contribution in [2.24, 2.45) is 0 Å². The Kier molecular flexibility index (Phi) is 8.64. The number of pyridine rings is 1. The number of anilines is 3. The lowest BCUT2D eigenvalue weighted by molar-refractivity contribution is -0.138. The number of halogens is 4. The summed E-state index contributed by atoms with van der Waals surface area (Å²) in [6.45, 7) is 5.98. The molecule has 2 aliphatic rings. The molecule has 0 saturated carbocycles. The summed E-state index contributed by atoms with van der Waals surface area (Å²) >= 11 is 0. The van der Waals surface area contributed by atoms with Crippen LogP contribution in [0.3, 0.4) is 0 Å². The summed E-state index contributed by atoms with van der Waals surface area (Å²) in [4.78, 5) is 41.5. The predicted molar refractivity (Wildman–Crippen MR) is 159 cm³/mol. The van der Waals surface area contributed by atoms with Crippen molar-refractivity contribution in [1.82, 2.24) is 19.9 Å². The molecule has 1 saturated heterocycles. The Morgan fingerprint density at radius 1 is 1.09 bits per heavy atom. The van der Waals surface area contributed by atoms with Gasteiger partial charge in [0.2, 0.25) is 11.4 Å². The van der Waals surface area contributed by atoms with Crippen LogP contribution < -0.4 is 25.4 Å². The van der Waals surface area contributed by atoms with Gasteiger partial charge in [-0.15, -0.1) is 0 Å². The first-order valence-corrected chi connectivity index (χ1v) is 14.1.